The number of carbonyl (C=O) groups is 3. The first-order valence-electron chi connectivity index (χ1n) is 11.5. The maximum absolute atomic E-state index is 11.6. The second-order valence-electron chi connectivity index (χ2n) is 8.15. The van der Waals surface area contributed by atoms with Crippen molar-refractivity contribution < 1.29 is 19.3 Å². The van der Waals surface area contributed by atoms with E-state index >= 15 is 0 Å². The molecule has 13 nitrogen and oxygen atoms in total. The number of non-ortho nitro benzene ring substituents is 1. The highest BCUT2D eigenvalue weighted by Gasteiger charge is 2.18. The summed E-state index contributed by atoms with van der Waals surface area (Å²) in [6.45, 7) is 5.78. The second kappa shape index (κ2) is 16.6. The maximum atomic E-state index is 11.6. The Morgan fingerprint density at radius 1 is 0.829 bits per heavy atom. The molecule has 1 heterocycles. The highest BCUT2D eigenvalue weighted by atomic mass is 16.6. The lowest BCUT2D eigenvalue weighted by molar-refractivity contribution is -0.384. The maximum Gasteiger partial charge on any atom is 0.269 e. The Kier molecular flexibility index (Phi) is 14.3. The van der Waals surface area contributed by atoms with Crippen LogP contribution in [0.4, 0.5) is 5.69 Å². The van der Waals surface area contributed by atoms with Gasteiger partial charge in [-0.25, -0.2) is 0 Å². The van der Waals surface area contributed by atoms with E-state index < -0.39 is 16.7 Å². The van der Waals surface area contributed by atoms with Crippen molar-refractivity contribution in [3.8, 4) is 0 Å². The fourth-order valence-corrected chi connectivity index (χ4v) is 3.76. The van der Waals surface area contributed by atoms with Crippen LogP contribution in [0.2, 0.25) is 0 Å². The van der Waals surface area contributed by atoms with E-state index in [4.69, 9.17) is 11.5 Å². The van der Waals surface area contributed by atoms with Crippen LogP contribution in [0.25, 0.3) is 0 Å². The zero-order valence-corrected chi connectivity index (χ0v) is 20.4. The summed E-state index contributed by atoms with van der Waals surface area (Å²) in [5.74, 6) is -0.859. The lowest BCUT2D eigenvalue weighted by Crippen LogP contribution is -2.48. The molecule has 1 aliphatic rings. The Morgan fingerprint density at radius 3 is 1.60 bits per heavy atom. The summed E-state index contributed by atoms with van der Waals surface area (Å²) in [6.07, 6.45) is 0.861. The van der Waals surface area contributed by atoms with Crippen molar-refractivity contribution in [2.45, 2.75) is 6.54 Å². The van der Waals surface area contributed by atoms with Crippen molar-refractivity contribution in [2.75, 3.05) is 79.0 Å². The number of aldehydes is 1. The van der Waals surface area contributed by atoms with Crippen LogP contribution in [0, 0.1) is 10.1 Å². The molecule has 6 N–H and O–H groups in total. The molecule has 0 atom stereocenters. The van der Waals surface area contributed by atoms with Gasteiger partial charge in [0.05, 0.1) is 24.6 Å². The minimum absolute atomic E-state index is 0.0396. The molecule has 0 radical (unpaired) electrons. The zero-order valence-electron chi connectivity index (χ0n) is 20.4. The van der Waals surface area contributed by atoms with Gasteiger partial charge in [-0.3, -0.25) is 39.3 Å². The largest absolute Gasteiger partial charge is 0.369 e. The predicted octanol–water partition coefficient (Wildman–Crippen LogP) is -1.94. The number of hydrogen-bond acceptors (Lipinski definition) is 10. The quantitative estimate of drug-likeness (QED) is 0.198. The van der Waals surface area contributed by atoms with Crippen LogP contribution >= 0.6 is 0 Å². The van der Waals surface area contributed by atoms with Gasteiger partial charge in [-0.05, 0) is 12.6 Å². The number of carbonyl (C=O) groups excluding carboxylic acids is 3. The SMILES string of the molecule is CN.NC(=O)CN1CCN(CC=O)CCN(Cc2ccc([N+](=O)[O-])cc2)CCN(CC(N)=O)CC1. The van der Waals surface area contributed by atoms with E-state index in [2.05, 4.69) is 10.6 Å². The molecule has 1 aromatic rings. The molecule has 1 aliphatic heterocycles. The summed E-state index contributed by atoms with van der Waals surface area (Å²) < 4.78 is 0. The number of nitro benzene ring substituents is 1. The van der Waals surface area contributed by atoms with Crippen molar-refractivity contribution in [1.29, 1.82) is 0 Å². The van der Waals surface area contributed by atoms with Crippen LogP contribution in [0.15, 0.2) is 24.3 Å². The van der Waals surface area contributed by atoms with Crippen LogP contribution in [0.3, 0.4) is 0 Å². The molecule has 1 aromatic carbocycles. The molecule has 13 heteroatoms. The van der Waals surface area contributed by atoms with E-state index in [1.807, 2.05) is 14.7 Å². The Hall–Kier alpha value is -2.97. The normalized spacial score (nSPS) is 17.3. The van der Waals surface area contributed by atoms with Crippen molar-refractivity contribution in [3.63, 3.8) is 0 Å². The molecular weight excluding hydrogens is 456 g/mol. The average Bonchev–Trinajstić information content (AvgIpc) is 2.81. The number of nitro groups is 1. The Morgan fingerprint density at radius 2 is 1.23 bits per heavy atom. The molecule has 0 unspecified atom stereocenters. The summed E-state index contributed by atoms with van der Waals surface area (Å²) in [5, 5.41) is 10.9. The van der Waals surface area contributed by atoms with E-state index in [0.29, 0.717) is 58.9 Å². The van der Waals surface area contributed by atoms with E-state index in [-0.39, 0.29) is 25.3 Å². The smallest absolute Gasteiger partial charge is 0.269 e. The minimum atomic E-state index is -0.431. The molecule has 1 saturated heterocycles. The molecule has 0 spiro atoms. The van der Waals surface area contributed by atoms with Crippen LogP contribution in [0.5, 0.6) is 0 Å². The van der Waals surface area contributed by atoms with Crippen LogP contribution < -0.4 is 17.2 Å². The van der Waals surface area contributed by atoms with Crippen LogP contribution in [-0.4, -0.2) is 122 Å². The molecule has 0 bridgehead atoms. The molecule has 196 valence electrons. The van der Waals surface area contributed by atoms with Gasteiger partial charge in [0.15, 0.2) is 0 Å². The van der Waals surface area contributed by atoms with Gasteiger partial charge in [-0.2, -0.15) is 0 Å². The van der Waals surface area contributed by atoms with Gasteiger partial charge in [0.2, 0.25) is 11.8 Å². The summed E-state index contributed by atoms with van der Waals surface area (Å²) in [5.41, 5.74) is 16.3. The first-order valence-corrected chi connectivity index (χ1v) is 11.5. The summed E-state index contributed by atoms with van der Waals surface area (Å²) in [7, 11) is 1.50. The molecule has 1 fully saturated rings. The van der Waals surface area contributed by atoms with E-state index in [9.17, 15) is 24.5 Å². The Labute approximate surface area is 205 Å². The highest BCUT2D eigenvalue weighted by molar-refractivity contribution is 5.76. The highest BCUT2D eigenvalue weighted by Crippen LogP contribution is 2.14. The van der Waals surface area contributed by atoms with Gasteiger partial charge in [-0.15, -0.1) is 0 Å². The first kappa shape index (κ1) is 30.1. The summed E-state index contributed by atoms with van der Waals surface area (Å²) in [4.78, 5) is 52.7. The third kappa shape index (κ3) is 12.3. The number of rotatable bonds is 9. The van der Waals surface area contributed by atoms with Gasteiger partial charge < -0.3 is 22.0 Å². The third-order valence-corrected chi connectivity index (χ3v) is 5.57. The number of nitrogens with two attached hydrogens (primary N) is 3. The molecule has 2 rings (SSSR count). The molecule has 0 aromatic heterocycles. The molecule has 35 heavy (non-hydrogen) atoms. The lowest BCUT2D eigenvalue weighted by atomic mass is 10.2. The Balaban J connectivity index is 0.00000298. The minimum Gasteiger partial charge on any atom is -0.369 e. The van der Waals surface area contributed by atoms with Crippen LogP contribution in [0.1, 0.15) is 5.56 Å². The second-order valence-corrected chi connectivity index (χ2v) is 8.15. The zero-order chi connectivity index (χ0) is 26.2. The van der Waals surface area contributed by atoms with Crippen molar-refractivity contribution in [3.05, 3.63) is 39.9 Å². The van der Waals surface area contributed by atoms with Gasteiger partial charge in [0.25, 0.3) is 5.69 Å². The number of nitrogens with zero attached hydrogens (tertiary/aromatic N) is 5. The summed E-state index contributed by atoms with van der Waals surface area (Å²) >= 11 is 0. The first-order chi connectivity index (χ1) is 16.8. The van der Waals surface area contributed by atoms with Gasteiger partial charge in [-0.1, -0.05) is 12.1 Å². The standard InChI is InChI=1S/C21H33N7O5.CH5N/c22-20(30)16-26-8-6-24(13-14-29)5-7-25(9-10-27(12-11-26)17-21(23)31)15-18-1-3-19(4-2-18)28(32)33;1-2/h1-4,14H,5-13,15-17H2,(H2,22,30)(H2,23,31);2H2,1H3. The van der Waals surface area contributed by atoms with E-state index in [1.165, 1.54) is 19.2 Å². The number of amides is 2. The topological polar surface area (TPSA) is 185 Å². The molecule has 0 saturated carbocycles. The summed E-state index contributed by atoms with van der Waals surface area (Å²) in [6, 6.07) is 6.44. The molecular formula is C22H38N8O5. The van der Waals surface area contributed by atoms with E-state index in [0.717, 1.165) is 11.8 Å². The molecule has 2 amide bonds. The van der Waals surface area contributed by atoms with Crippen LogP contribution in [-0.2, 0) is 20.9 Å². The fraction of sp³-hybridized carbons (Fsp3) is 0.591. The lowest BCUT2D eigenvalue weighted by Gasteiger charge is -2.33. The number of primary amides is 2. The van der Waals surface area contributed by atoms with E-state index in [1.54, 1.807) is 12.1 Å². The average molecular weight is 495 g/mol. The number of hydrogen-bond donors (Lipinski definition) is 3. The predicted molar refractivity (Wildman–Crippen MR) is 132 cm³/mol. The van der Waals surface area contributed by atoms with Gasteiger partial charge >= 0.3 is 0 Å². The van der Waals surface area contributed by atoms with Gasteiger partial charge in [0, 0.05) is 71.0 Å². The van der Waals surface area contributed by atoms with Crippen molar-refractivity contribution in [1.82, 2.24) is 19.6 Å². The Bertz CT molecular complexity index is 808. The number of benzene rings is 1. The van der Waals surface area contributed by atoms with Crippen molar-refractivity contribution in [2.24, 2.45) is 17.2 Å². The monoisotopic (exact) mass is 494 g/mol. The fourth-order valence-electron chi connectivity index (χ4n) is 3.76. The van der Waals surface area contributed by atoms with Crippen molar-refractivity contribution >= 4 is 23.8 Å². The molecule has 0 aliphatic carbocycles. The van der Waals surface area contributed by atoms with Gasteiger partial charge in [0.1, 0.15) is 6.29 Å². The third-order valence-electron chi connectivity index (χ3n) is 5.57.